The molecule has 0 aliphatic carbocycles. The fourth-order valence-electron chi connectivity index (χ4n) is 3.23. The lowest BCUT2D eigenvalue weighted by molar-refractivity contribution is -0.137. The number of rotatable bonds is 8. The number of carbonyl (C=O) groups is 1. The van der Waals surface area contributed by atoms with Crippen LogP contribution in [0.1, 0.15) is 26.7 Å². The average molecular weight is 441 g/mol. The van der Waals surface area contributed by atoms with Crippen molar-refractivity contribution in [3.63, 3.8) is 0 Å². The van der Waals surface area contributed by atoms with Gasteiger partial charge in [0.15, 0.2) is 0 Å². The Morgan fingerprint density at radius 3 is 2.87 bits per heavy atom. The number of aliphatic carboxylic acids is 1. The summed E-state index contributed by atoms with van der Waals surface area (Å²) in [6.07, 6.45) is 2.49. The Morgan fingerprint density at radius 1 is 1.29 bits per heavy atom. The van der Waals surface area contributed by atoms with Gasteiger partial charge in [-0.25, -0.2) is 0 Å². The van der Waals surface area contributed by atoms with Gasteiger partial charge in [-0.15, -0.1) is 0 Å². The van der Waals surface area contributed by atoms with Crippen LogP contribution in [0.2, 0.25) is 5.02 Å². The zero-order valence-electron chi connectivity index (χ0n) is 17.1. The van der Waals surface area contributed by atoms with Crippen molar-refractivity contribution in [1.82, 2.24) is 19.9 Å². The maximum absolute atomic E-state index is 10.7. The number of halogens is 1. The molecule has 2 heterocycles. The van der Waals surface area contributed by atoms with Crippen molar-refractivity contribution >= 4 is 28.5 Å². The second-order valence-corrected chi connectivity index (χ2v) is 7.77. The fourth-order valence-corrected chi connectivity index (χ4v) is 3.45. The third-order valence-electron chi connectivity index (χ3n) is 4.58. The van der Waals surface area contributed by atoms with Crippen molar-refractivity contribution in [2.24, 2.45) is 0 Å². The van der Waals surface area contributed by atoms with Crippen LogP contribution in [0.5, 0.6) is 5.75 Å². The van der Waals surface area contributed by atoms with Gasteiger partial charge in [0.05, 0.1) is 16.6 Å². The number of aromatic nitrogens is 4. The van der Waals surface area contributed by atoms with Gasteiger partial charge in [0.2, 0.25) is 5.82 Å². The normalized spacial score (nSPS) is 11.4. The van der Waals surface area contributed by atoms with Crippen LogP contribution in [0.25, 0.3) is 33.7 Å². The van der Waals surface area contributed by atoms with Gasteiger partial charge in [0, 0.05) is 35.7 Å². The van der Waals surface area contributed by atoms with Crippen LogP contribution >= 0.6 is 11.6 Å². The third kappa shape index (κ3) is 4.69. The summed E-state index contributed by atoms with van der Waals surface area (Å²) in [7, 11) is 0. The highest BCUT2D eigenvalue weighted by Crippen LogP contribution is 2.32. The number of hydrogen-bond donors (Lipinski definition) is 1. The zero-order valence-corrected chi connectivity index (χ0v) is 17.8. The van der Waals surface area contributed by atoms with Crippen LogP contribution in [0, 0.1) is 0 Å². The Hall–Kier alpha value is -3.39. The Kier molecular flexibility index (Phi) is 5.90. The van der Waals surface area contributed by atoms with E-state index in [-0.39, 0.29) is 12.5 Å². The second kappa shape index (κ2) is 8.77. The molecule has 2 aromatic carbocycles. The number of carboxylic acid groups (broad SMARTS) is 1. The summed E-state index contributed by atoms with van der Waals surface area (Å²) in [5.74, 6) is 0.559. The van der Waals surface area contributed by atoms with Crippen molar-refractivity contribution in [3.05, 3.63) is 47.6 Å². The molecule has 31 heavy (non-hydrogen) atoms. The van der Waals surface area contributed by atoms with E-state index in [1.54, 1.807) is 16.8 Å². The lowest BCUT2D eigenvalue weighted by atomic mass is 10.1. The monoisotopic (exact) mass is 440 g/mol. The van der Waals surface area contributed by atoms with Crippen LogP contribution in [-0.2, 0) is 11.3 Å². The van der Waals surface area contributed by atoms with E-state index in [0.717, 1.165) is 16.5 Å². The quantitative estimate of drug-likeness (QED) is 0.408. The van der Waals surface area contributed by atoms with E-state index in [1.807, 2.05) is 44.3 Å². The van der Waals surface area contributed by atoms with E-state index in [0.29, 0.717) is 41.0 Å². The third-order valence-corrected chi connectivity index (χ3v) is 4.88. The molecule has 0 aliphatic heterocycles. The van der Waals surface area contributed by atoms with E-state index < -0.39 is 5.97 Å². The van der Waals surface area contributed by atoms with Gasteiger partial charge in [0.1, 0.15) is 5.75 Å². The minimum absolute atomic E-state index is 0.0175. The van der Waals surface area contributed by atoms with E-state index in [4.69, 9.17) is 26.0 Å². The molecule has 0 unspecified atom stereocenters. The molecule has 160 valence electrons. The SMILES string of the molecule is CC(C)Oc1ccc(-c2nc(-c3cccc4nn(CCCC(=O)O)cc34)no2)cc1Cl. The van der Waals surface area contributed by atoms with Crippen molar-refractivity contribution in [2.75, 3.05) is 0 Å². The minimum Gasteiger partial charge on any atom is -0.489 e. The molecule has 0 fully saturated rings. The van der Waals surface area contributed by atoms with Gasteiger partial charge in [0.25, 0.3) is 5.89 Å². The van der Waals surface area contributed by atoms with E-state index in [9.17, 15) is 4.79 Å². The molecular formula is C22H21ClN4O4. The number of ether oxygens (including phenoxy) is 1. The molecule has 4 rings (SSSR count). The van der Waals surface area contributed by atoms with Gasteiger partial charge in [-0.3, -0.25) is 9.48 Å². The maximum Gasteiger partial charge on any atom is 0.303 e. The summed E-state index contributed by atoms with van der Waals surface area (Å²) in [5.41, 5.74) is 2.25. The molecule has 0 radical (unpaired) electrons. The average Bonchev–Trinajstić information content (AvgIpc) is 3.35. The number of carboxylic acids is 1. The largest absolute Gasteiger partial charge is 0.489 e. The lowest BCUT2D eigenvalue weighted by Gasteiger charge is -2.11. The van der Waals surface area contributed by atoms with E-state index in [2.05, 4.69) is 15.2 Å². The molecule has 0 saturated carbocycles. The predicted octanol–water partition coefficient (Wildman–Crippen LogP) is 5.06. The predicted molar refractivity (Wildman–Crippen MR) is 116 cm³/mol. The molecule has 9 heteroatoms. The molecule has 0 atom stereocenters. The highest BCUT2D eigenvalue weighted by Gasteiger charge is 2.16. The lowest BCUT2D eigenvalue weighted by Crippen LogP contribution is -2.05. The summed E-state index contributed by atoms with van der Waals surface area (Å²) in [6, 6.07) is 11.0. The van der Waals surface area contributed by atoms with Crippen molar-refractivity contribution in [3.8, 4) is 28.6 Å². The van der Waals surface area contributed by atoms with Crippen LogP contribution in [0.4, 0.5) is 0 Å². The van der Waals surface area contributed by atoms with Gasteiger partial charge in [-0.1, -0.05) is 28.9 Å². The van der Waals surface area contributed by atoms with Gasteiger partial charge in [-0.05, 0) is 44.5 Å². The highest BCUT2D eigenvalue weighted by molar-refractivity contribution is 6.32. The fraction of sp³-hybridized carbons (Fsp3) is 0.273. The zero-order chi connectivity index (χ0) is 22.0. The van der Waals surface area contributed by atoms with Gasteiger partial charge in [-0.2, -0.15) is 10.1 Å². The van der Waals surface area contributed by atoms with Crippen molar-refractivity contribution < 1.29 is 19.2 Å². The standard InChI is InChI=1S/C22H21ClN4O4/c1-13(2)30-19-9-8-14(11-17(19)23)22-24-21(26-31-22)15-5-3-6-18-16(15)12-27(25-18)10-4-7-20(28)29/h3,5-6,8-9,11-13H,4,7,10H2,1-2H3,(H,28,29). The first-order chi connectivity index (χ1) is 14.9. The minimum atomic E-state index is -0.819. The number of benzene rings is 2. The summed E-state index contributed by atoms with van der Waals surface area (Å²) >= 11 is 6.33. The molecule has 4 aromatic rings. The summed E-state index contributed by atoms with van der Waals surface area (Å²) in [5, 5.41) is 18.8. The molecule has 0 bridgehead atoms. The summed E-state index contributed by atoms with van der Waals surface area (Å²) in [6.45, 7) is 4.38. The first-order valence-electron chi connectivity index (χ1n) is 9.89. The van der Waals surface area contributed by atoms with Crippen LogP contribution in [0.15, 0.2) is 47.1 Å². The topological polar surface area (TPSA) is 103 Å². The van der Waals surface area contributed by atoms with Crippen LogP contribution in [-0.4, -0.2) is 37.1 Å². The molecule has 1 N–H and O–H groups in total. The Labute approximate surface area is 183 Å². The molecule has 2 aromatic heterocycles. The molecular weight excluding hydrogens is 420 g/mol. The van der Waals surface area contributed by atoms with E-state index in [1.165, 1.54) is 0 Å². The molecule has 0 amide bonds. The Bertz CT molecular complexity index is 1230. The molecule has 0 saturated heterocycles. The Balaban J connectivity index is 1.61. The highest BCUT2D eigenvalue weighted by atomic mass is 35.5. The first kappa shape index (κ1) is 20.9. The van der Waals surface area contributed by atoms with Crippen molar-refractivity contribution in [2.45, 2.75) is 39.3 Å². The Morgan fingerprint density at radius 2 is 2.13 bits per heavy atom. The molecule has 8 nitrogen and oxygen atoms in total. The number of nitrogens with zero attached hydrogens (tertiary/aromatic N) is 4. The number of aryl methyl sites for hydroxylation is 1. The van der Waals surface area contributed by atoms with E-state index >= 15 is 0 Å². The van der Waals surface area contributed by atoms with Crippen LogP contribution in [0.3, 0.4) is 0 Å². The van der Waals surface area contributed by atoms with Crippen molar-refractivity contribution in [1.29, 1.82) is 0 Å². The maximum atomic E-state index is 10.7. The van der Waals surface area contributed by atoms with Gasteiger partial charge >= 0.3 is 5.97 Å². The van der Waals surface area contributed by atoms with Crippen LogP contribution < -0.4 is 4.74 Å². The second-order valence-electron chi connectivity index (χ2n) is 7.36. The van der Waals surface area contributed by atoms with Gasteiger partial charge < -0.3 is 14.4 Å². The number of fused-ring (bicyclic) bond motifs is 1. The summed E-state index contributed by atoms with van der Waals surface area (Å²) in [4.78, 5) is 15.3. The molecule has 0 aliphatic rings. The number of hydrogen-bond acceptors (Lipinski definition) is 6. The smallest absolute Gasteiger partial charge is 0.303 e. The molecule has 0 spiro atoms. The summed E-state index contributed by atoms with van der Waals surface area (Å²) < 4.78 is 12.9. The first-order valence-corrected chi connectivity index (χ1v) is 10.3.